The van der Waals surface area contributed by atoms with Crippen LogP contribution in [0.2, 0.25) is 0 Å². The molecule has 2 amide bonds. The zero-order valence-electron chi connectivity index (χ0n) is 15.0. The monoisotopic (exact) mass is 325 g/mol. The SMILES string of the molecule is COCCN1CC2(CCN(C(=O)CN(C)C(C)C)CC2)CC1=O. The summed E-state index contributed by atoms with van der Waals surface area (Å²) in [5, 5.41) is 0. The Labute approximate surface area is 139 Å². The zero-order chi connectivity index (χ0) is 17.0. The van der Waals surface area contributed by atoms with Crippen molar-refractivity contribution in [3.63, 3.8) is 0 Å². The number of amides is 2. The van der Waals surface area contributed by atoms with Crippen molar-refractivity contribution in [1.29, 1.82) is 0 Å². The number of carbonyl (C=O) groups excluding carboxylic acids is 2. The molecular formula is C17H31N3O3. The summed E-state index contributed by atoms with van der Waals surface area (Å²) < 4.78 is 5.08. The molecule has 23 heavy (non-hydrogen) atoms. The minimum atomic E-state index is 0.0750. The van der Waals surface area contributed by atoms with E-state index >= 15 is 0 Å². The molecule has 0 atom stereocenters. The summed E-state index contributed by atoms with van der Waals surface area (Å²) in [7, 11) is 3.64. The van der Waals surface area contributed by atoms with Gasteiger partial charge in [-0.05, 0) is 33.7 Å². The first kappa shape index (κ1) is 18.2. The maximum atomic E-state index is 12.4. The normalized spacial score (nSPS) is 21.0. The van der Waals surface area contributed by atoms with Crippen molar-refractivity contribution in [3.05, 3.63) is 0 Å². The smallest absolute Gasteiger partial charge is 0.236 e. The summed E-state index contributed by atoms with van der Waals surface area (Å²) >= 11 is 0. The standard InChI is InChI=1S/C17H31N3O3/c1-14(2)18(3)12-16(22)19-7-5-17(6-8-19)11-15(21)20(13-17)9-10-23-4/h14H,5-13H2,1-4H3. The Morgan fingerprint density at radius 1 is 1.35 bits per heavy atom. The molecule has 0 bridgehead atoms. The lowest BCUT2D eigenvalue weighted by atomic mass is 9.77. The third kappa shape index (κ3) is 4.44. The van der Waals surface area contributed by atoms with Crippen molar-refractivity contribution in [2.45, 2.75) is 39.2 Å². The fraction of sp³-hybridized carbons (Fsp3) is 0.882. The second-order valence-electron chi connectivity index (χ2n) is 7.37. The fourth-order valence-electron chi connectivity index (χ4n) is 3.45. The van der Waals surface area contributed by atoms with Gasteiger partial charge in [0.05, 0.1) is 13.2 Å². The highest BCUT2D eigenvalue weighted by Crippen LogP contribution is 2.40. The molecule has 0 aromatic heterocycles. The third-order valence-corrected chi connectivity index (χ3v) is 5.41. The number of hydrogen-bond donors (Lipinski definition) is 0. The number of likely N-dealkylation sites (tertiary alicyclic amines) is 2. The minimum absolute atomic E-state index is 0.0750. The van der Waals surface area contributed by atoms with Gasteiger partial charge in [-0.1, -0.05) is 0 Å². The molecule has 6 nitrogen and oxygen atoms in total. The Kier molecular flexibility index (Phi) is 6.03. The van der Waals surface area contributed by atoms with Gasteiger partial charge < -0.3 is 14.5 Å². The van der Waals surface area contributed by atoms with Gasteiger partial charge in [-0.25, -0.2) is 0 Å². The van der Waals surface area contributed by atoms with Crippen molar-refractivity contribution in [2.24, 2.45) is 5.41 Å². The van der Waals surface area contributed by atoms with E-state index < -0.39 is 0 Å². The van der Waals surface area contributed by atoms with E-state index in [-0.39, 0.29) is 17.2 Å². The molecular weight excluding hydrogens is 294 g/mol. The molecule has 0 radical (unpaired) electrons. The number of carbonyl (C=O) groups is 2. The highest BCUT2D eigenvalue weighted by Gasteiger charge is 2.45. The third-order valence-electron chi connectivity index (χ3n) is 5.41. The van der Waals surface area contributed by atoms with E-state index in [2.05, 4.69) is 18.7 Å². The summed E-state index contributed by atoms with van der Waals surface area (Å²) in [5.41, 5.74) is 0.0750. The molecule has 2 fully saturated rings. The summed E-state index contributed by atoms with van der Waals surface area (Å²) in [4.78, 5) is 30.5. The average molecular weight is 325 g/mol. The highest BCUT2D eigenvalue weighted by molar-refractivity contribution is 5.80. The van der Waals surface area contributed by atoms with Crippen LogP contribution in [0.5, 0.6) is 0 Å². The van der Waals surface area contributed by atoms with Crippen LogP contribution in [0.4, 0.5) is 0 Å². The molecule has 2 aliphatic heterocycles. The van der Waals surface area contributed by atoms with Crippen LogP contribution in [0.1, 0.15) is 33.1 Å². The van der Waals surface area contributed by atoms with Gasteiger partial charge in [0.15, 0.2) is 0 Å². The molecule has 0 aliphatic carbocycles. The zero-order valence-corrected chi connectivity index (χ0v) is 15.0. The number of rotatable bonds is 6. The maximum Gasteiger partial charge on any atom is 0.236 e. The molecule has 2 heterocycles. The highest BCUT2D eigenvalue weighted by atomic mass is 16.5. The van der Waals surface area contributed by atoms with Gasteiger partial charge >= 0.3 is 0 Å². The van der Waals surface area contributed by atoms with Crippen LogP contribution in [0, 0.1) is 5.41 Å². The van der Waals surface area contributed by atoms with E-state index in [1.165, 1.54) is 0 Å². The van der Waals surface area contributed by atoms with E-state index in [0.717, 1.165) is 32.5 Å². The topological polar surface area (TPSA) is 53.1 Å². The van der Waals surface area contributed by atoms with Crippen LogP contribution < -0.4 is 0 Å². The first-order chi connectivity index (χ1) is 10.9. The molecule has 0 aromatic rings. The van der Waals surface area contributed by atoms with E-state index in [1.54, 1.807) is 7.11 Å². The Bertz CT molecular complexity index is 431. The Balaban J connectivity index is 1.84. The summed E-state index contributed by atoms with van der Waals surface area (Å²) in [5.74, 6) is 0.443. The number of hydrogen-bond acceptors (Lipinski definition) is 4. The van der Waals surface area contributed by atoms with Crippen LogP contribution in [0.15, 0.2) is 0 Å². The van der Waals surface area contributed by atoms with Gasteiger partial charge in [0.25, 0.3) is 0 Å². The maximum absolute atomic E-state index is 12.4. The van der Waals surface area contributed by atoms with Crippen molar-refractivity contribution < 1.29 is 14.3 Å². The van der Waals surface area contributed by atoms with Crippen LogP contribution in [0.3, 0.4) is 0 Å². The van der Waals surface area contributed by atoms with E-state index in [1.807, 2.05) is 16.8 Å². The lowest BCUT2D eigenvalue weighted by Crippen LogP contribution is -2.48. The van der Waals surface area contributed by atoms with E-state index in [9.17, 15) is 9.59 Å². The number of piperidine rings is 1. The minimum Gasteiger partial charge on any atom is -0.383 e. The van der Waals surface area contributed by atoms with Crippen molar-refractivity contribution in [2.75, 3.05) is 53.5 Å². The molecule has 2 aliphatic rings. The predicted molar refractivity (Wildman–Crippen MR) is 89.1 cm³/mol. The molecule has 132 valence electrons. The Hall–Kier alpha value is -1.14. The quantitative estimate of drug-likeness (QED) is 0.725. The van der Waals surface area contributed by atoms with Gasteiger partial charge in [-0.2, -0.15) is 0 Å². The summed E-state index contributed by atoms with van der Waals surface area (Å²) in [6, 6.07) is 0.372. The second-order valence-corrected chi connectivity index (χ2v) is 7.37. The predicted octanol–water partition coefficient (Wildman–Crippen LogP) is 0.814. The number of likely N-dealkylation sites (N-methyl/N-ethyl adjacent to an activating group) is 1. The molecule has 0 aromatic carbocycles. The Morgan fingerprint density at radius 2 is 2.00 bits per heavy atom. The van der Waals surface area contributed by atoms with E-state index in [0.29, 0.717) is 32.2 Å². The molecule has 0 N–H and O–H groups in total. The summed E-state index contributed by atoms with van der Waals surface area (Å²) in [6.45, 7) is 8.31. The second kappa shape index (κ2) is 7.62. The van der Waals surface area contributed by atoms with Crippen LogP contribution >= 0.6 is 0 Å². The molecule has 6 heteroatoms. The molecule has 1 spiro atoms. The fourth-order valence-corrected chi connectivity index (χ4v) is 3.45. The van der Waals surface area contributed by atoms with E-state index in [4.69, 9.17) is 4.74 Å². The number of methoxy groups -OCH3 is 1. The van der Waals surface area contributed by atoms with Crippen LogP contribution in [0.25, 0.3) is 0 Å². The van der Waals surface area contributed by atoms with Gasteiger partial charge in [0.2, 0.25) is 11.8 Å². The van der Waals surface area contributed by atoms with Crippen LogP contribution in [-0.2, 0) is 14.3 Å². The first-order valence-electron chi connectivity index (χ1n) is 8.61. The molecule has 2 saturated heterocycles. The van der Waals surface area contributed by atoms with Crippen molar-refractivity contribution in [3.8, 4) is 0 Å². The molecule has 2 rings (SSSR count). The largest absolute Gasteiger partial charge is 0.383 e. The van der Waals surface area contributed by atoms with Gasteiger partial charge in [-0.15, -0.1) is 0 Å². The lowest BCUT2D eigenvalue weighted by Gasteiger charge is -2.39. The Morgan fingerprint density at radius 3 is 2.57 bits per heavy atom. The lowest BCUT2D eigenvalue weighted by molar-refractivity contribution is -0.134. The van der Waals surface area contributed by atoms with Crippen LogP contribution in [-0.4, -0.2) is 86.0 Å². The van der Waals surface area contributed by atoms with Gasteiger partial charge in [0, 0.05) is 51.2 Å². The van der Waals surface area contributed by atoms with Crippen molar-refractivity contribution >= 4 is 11.8 Å². The first-order valence-corrected chi connectivity index (χ1v) is 8.61. The molecule has 0 unspecified atom stereocenters. The summed E-state index contributed by atoms with van der Waals surface area (Å²) in [6.07, 6.45) is 2.49. The average Bonchev–Trinajstić information content (AvgIpc) is 2.81. The number of nitrogens with zero attached hydrogens (tertiary/aromatic N) is 3. The number of ether oxygens (including phenoxy) is 1. The van der Waals surface area contributed by atoms with Crippen molar-refractivity contribution in [1.82, 2.24) is 14.7 Å². The van der Waals surface area contributed by atoms with Gasteiger partial charge in [-0.3, -0.25) is 14.5 Å². The van der Waals surface area contributed by atoms with Gasteiger partial charge in [0.1, 0.15) is 0 Å². The molecule has 0 saturated carbocycles.